The van der Waals surface area contributed by atoms with Crippen molar-refractivity contribution in [1.82, 2.24) is 4.31 Å². The van der Waals surface area contributed by atoms with Crippen molar-refractivity contribution in [2.75, 3.05) is 7.11 Å². The highest BCUT2D eigenvalue weighted by atomic mass is 32.2. The van der Waals surface area contributed by atoms with Crippen LogP contribution in [-0.2, 0) is 10.0 Å². The van der Waals surface area contributed by atoms with Gasteiger partial charge in [0.2, 0.25) is 0 Å². The second-order valence-electron chi connectivity index (χ2n) is 9.07. The number of rotatable bonds is 10. The Hall–Kier alpha value is -2.27. The van der Waals surface area contributed by atoms with Crippen LogP contribution >= 0.6 is 0 Å². The van der Waals surface area contributed by atoms with Gasteiger partial charge in [-0.25, -0.2) is 8.42 Å². The zero-order valence-electron chi connectivity index (χ0n) is 19.9. The van der Waals surface area contributed by atoms with Gasteiger partial charge in [0.25, 0.3) is 10.0 Å². The highest BCUT2D eigenvalue weighted by Crippen LogP contribution is 2.59. The third-order valence-electron chi connectivity index (χ3n) is 6.75. The number of methoxy groups -OCH3 is 1. The molecule has 3 rings (SSSR count). The molecule has 0 N–H and O–H groups in total. The predicted octanol–water partition coefficient (Wildman–Crippen LogP) is 7.02. The molecule has 0 spiro atoms. The Kier molecular flexibility index (Phi) is 7.71. The average Bonchev–Trinajstić information content (AvgIpc) is 3.09. The predicted molar refractivity (Wildman–Crippen MR) is 131 cm³/mol. The number of para-hydroxylation sites is 1. The molecule has 0 aromatic heterocycles. The van der Waals surface area contributed by atoms with Gasteiger partial charge >= 0.3 is 0 Å². The lowest BCUT2D eigenvalue weighted by Crippen LogP contribution is -2.36. The zero-order chi connectivity index (χ0) is 23.4. The summed E-state index contributed by atoms with van der Waals surface area (Å²) in [6.07, 6.45) is 6.87. The maximum atomic E-state index is 14.0. The summed E-state index contributed by atoms with van der Waals surface area (Å²) in [5.41, 5.74) is 2.44. The van der Waals surface area contributed by atoms with E-state index in [9.17, 15) is 8.42 Å². The molecule has 0 saturated carbocycles. The van der Waals surface area contributed by atoms with Crippen LogP contribution in [0.2, 0.25) is 0 Å². The van der Waals surface area contributed by atoms with Crippen molar-refractivity contribution >= 4 is 10.0 Å². The molecule has 1 aliphatic rings. The van der Waals surface area contributed by atoms with E-state index in [-0.39, 0.29) is 11.5 Å². The van der Waals surface area contributed by atoms with Gasteiger partial charge in [0, 0.05) is 16.7 Å². The minimum Gasteiger partial charge on any atom is -0.496 e. The van der Waals surface area contributed by atoms with Crippen LogP contribution in [0.4, 0.5) is 0 Å². The molecule has 1 saturated heterocycles. The van der Waals surface area contributed by atoms with Crippen LogP contribution in [-0.4, -0.2) is 19.8 Å². The van der Waals surface area contributed by atoms with E-state index in [1.165, 1.54) is 0 Å². The first-order chi connectivity index (χ1) is 15.3. The third kappa shape index (κ3) is 4.59. The van der Waals surface area contributed by atoms with Gasteiger partial charge in [-0.1, -0.05) is 82.0 Å². The number of unbranched alkanes of at least 4 members (excludes halogenated alkanes) is 2. The molecule has 1 heterocycles. The van der Waals surface area contributed by atoms with E-state index < -0.39 is 10.0 Å². The van der Waals surface area contributed by atoms with Crippen molar-refractivity contribution in [3.8, 4) is 5.75 Å². The van der Waals surface area contributed by atoms with Crippen LogP contribution in [0.1, 0.15) is 76.0 Å². The molecule has 32 heavy (non-hydrogen) atoms. The number of allylic oxidation sites excluding steroid dienone is 1. The molecule has 1 unspecified atom stereocenters. The Balaban J connectivity index is 2.22. The van der Waals surface area contributed by atoms with Gasteiger partial charge in [0.15, 0.2) is 0 Å². The van der Waals surface area contributed by atoms with E-state index in [0.717, 1.165) is 55.4 Å². The van der Waals surface area contributed by atoms with Crippen LogP contribution in [0, 0.1) is 12.3 Å². The number of ether oxygens (including phenoxy) is 1. The smallest absolute Gasteiger partial charge is 0.264 e. The monoisotopic (exact) mass is 455 g/mol. The fourth-order valence-electron chi connectivity index (χ4n) is 5.13. The molecule has 0 aliphatic carbocycles. The molecule has 1 fully saturated rings. The van der Waals surface area contributed by atoms with Gasteiger partial charge in [0.1, 0.15) is 5.75 Å². The second-order valence-corrected chi connectivity index (χ2v) is 10.9. The van der Waals surface area contributed by atoms with Crippen molar-refractivity contribution < 1.29 is 13.2 Å². The summed E-state index contributed by atoms with van der Waals surface area (Å²) in [5, 5.41) is 0. The van der Waals surface area contributed by atoms with Crippen LogP contribution in [0.3, 0.4) is 0 Å². The van der Waals surface area contributed by atoms with Crippen molar-refractivity contribution in [2.45, 2.75) is 76.7 Å². The van der Waals surface area contributed by atoms with E-state index >= 15 is 0 Å². The number of aryl methyl sites for hydroxylation is 1. The van der Waals surface area contributed by atoms with Crippen LogP contribution in [0.15, 0.2) is 65.7 Å². The van der Waals surface area contributed by atoms with E-state index in [0.29, 0.717) is 17.0 Å². The largest absolute Gasteiger partial charge is 0.496 e. The molecule has 0 amide bonds. The SMILES string of the molecule is C=C1CC(CCCC)(CCCC)C(c2ccccc2OC)N1S(=O)(=O)c1ccc(C)cc1. The summed E-state index contributed by atoms with van der Waals surface area (Å²) in [7, 11) is -2.12. The summed E-state index contributed by atoms with van der Waals surface area (Å²) >= 11 is 0. The third-order valence-corrected chi connectivity index (χ3v) is 8.60. The van der Waals surface area contributed by atoms with E-state index in [1.807, 2.05) is 43.3 Å². The lowest BCUT2D eigenvalue weighted by atomic mass is 9.70. The first kappa shape index (κ1) is 24.4. The lowest BCUT2D eigenvalue weighted by molar-refractivity contribution is 0.164. The number of sulfonamides is 1. The maximum Gasteiger partial charge on any atom is 0.264 e. The maximum absolute atomic E-state index is 14.0. The second kappa shape index (κ2) is 10.1. The van der Waals surface area contributed by atoms with Gasteiger partial charge in [0.05, 0.1) is 18.0 Å². The van der Waals surface area contributed by atoms with Crippen molar-refractivity contribution in [3.63, 3.8) is 0 Å². The Morgan fingerprint density at radius 1 is 1.03 bits per heavy atom. The summed E-state index contributed by atoms with van der Waals surface area (Å²) in [6, 6.07) is 14.6. The molecular weight excluding hydrogens is 418 g/mol. The van der Waals surface area contributed by atoms with Gasteiger partial charge in [-0.2, -0.15) is 0 Å². The van der Waals surface area contributed by atoms with Crippen LogP contribution < -0.4 is 4.74 Å². The molecule has 2 aromatic rings. The van der Waals surface area contributed by atoms with E-state index in [2.05, 4.69) is 20.4 Å². The Bertz CT molecular complexity index is 1020. The van der Waals surface area contributed by atoms with Crippen molar-refractivity contribution in [2.24, 2.45) is 5.41 Å². The summed E-state index contributed by atoms with van der Waals surface area (Å²) in [5.74, 6) is 0.730. The van der Waals surface area contributed by atoms with Crippen LogP contribution in [0.5, 0.6) is 5.75 Å². The minimum absolute atomic E-state index is 0.199. The molecule has 5 heteroatoms. The fraction of sp³-hybridized carbons (Fsp3) is 0.481. The normalized spacial score (nSPS) is 18.2. The van der Waals surface area contributed by atoms with Crippen molar-refractivity contribution in [3.05, 3.63) is 71.9 Å². The number of benzene rings is 2. The Labute approximate surface area is 194 Å². The molecule has 1 atom stereocenters. The molecule has 0 radical (unpaired) electrons. The van der Waals surface area contributed by atoms with Gasteiger partial charge in [-0.3, -0.25) is 4.31 Å². The number of hydrogen-bond donors (Lipinski definition) is 0. The molecule has 174 valence electrons. The molecule has 4 nitrogen and oxygen atoms in total. The first-order valence-electron chi connectivity index (χ1n) is 11.7. The topological polar surface area (TPSA) is 46.6 Å². The Morgan fingerprint density at radius 2 is 1.62 bits per heavy atom. The quantitative estimate of drug-likeness (QED) is 0.387. The van der Waals surface area contributed by atoms with Gasteiger partial charge in [-0.15, -0.1) is 0 Å². The summed E-state index contributed by atoms with van der Waals surface area (Å²) in [4.78, 5) is 0.311. The fourth-order valence-corrected chi connectivity index (χ4v) is 6.85. The molecule has 1 aliphatic heterocycles. The summed E-state index contributed by atoms with van der Waals surface area (Å²) in [6.45, 7) is 10.6. The molecular formula is C27H37NO3S. The lowest BCUT2D eigenvalue weighted by Gasteiger charge is -2.39. The highest BCUT2D eigenvalue weighted by Gasteiger charge is 2.53. The number of hydrogen-bond acceptors (Lipinski definition) is 3. The highest BCUT2D eigenvalue weighted by molar-refractivity contribution is 7.89. The standard InChI is InChI=1S/C27H37NO3S/c1-6-8-18-27(19-9-7-2)20-22(4)28(26(27)24-12-10-11-13-25(24)31-5)32(29,30)23-16-14-21(3)15-17-23/h10-17,26H,4,6-9,18-20H2,1-3,5H3. The van der Waals surface area contributed by atoms with Crippen molar-refractivity contribution in [1.29, 1.82) is 0 Å². The molecule has 0 bridgehead atoms. The van der Waals surface area contributed by atoms with E-state index in [4.69, 9.17) is 4.74 Å². The van der Waals surface area contributed by atoms with Crippen LogP contribution in [0.25, 0.3) is 0 Å². The van der Waals surface area contributed by atoms with Gasteiger partial charge in [-0.05, 0) is 44.4 Å². The zero-order valence-corrected chi connectivity index (χ0v) is 20.7. The van der Waals surface area contributed by atoms with Gasteiger partial charge < -0.3 is 4.74 Å². The minimum atomic E-state index is -3.77. The molecule has 2 aromatic carbocycles. The van der Waals surface area contributed by atoms with E-state index in [1.54, 1.807) is 23.5 Å². The summed E-state index contributed by atoms with van der Waals surface area (Å²) < 4.78 is 35.3. The number of nitrogens with zero attached hydrogens (tertiary/aromatic N) is 1. The Morgan fingerprint density at radius 3 is 2.19 bits per heavy atom. The average molecular weight is 456 g/mol. The first-order valence-corrected chi connectivity index (χ1v) is 13.2.